The lowest BCUT2D eigenvalue weighted by Gasteiger charge is -2.36. The molecule has 246 valence electrons. The lowest BCUT2D eigenvalue weighted by atomic mass is 10.0. The van der Waals surface area contributed by atoms with Crippen LogP contribution >= 0.6 is 0 Å². The van der Waals surface area contributed by atoms with Crippen molar-refractivity contribution in [2.75, 3.05) is 43.5 Å². The molecular weight excluding hydrogens is 596 g/mol. The number of H-pyrrole nitrogens is 1. The van der Waals surface area contributed by atoms with Gasteiger partial charge in [0.25, 0.3) is 5.91 Å². The Morgan fingerprint density at radius 3 is 2.30 bits per heavy atom. The second-order valence-electron chi connectivity index (χ2n) is 11.7. The lowest BCUT2D eigenvalue weighted by molar-refractivity contribution is -0.137. The third-order valence-electron chi connectivity index (χ3n) is 8.42. The van der Waals surface area contributed by atoms with Crippen LogP contribution in [-0.4, -0.2) is 76.3 Å². The summed E-state index contributed by atoms with van der Waals surface area (Å²) in [5.41, 5.74) is 5.25. The number of carboxylic acid groups (broad SMARTS) is 1. The first-order valence-corrected chi connectivity index (χ1v) is 16.2. The molecule has 2 aromatic heterocycles. The molecule has 2 aromatic carbocycles. The number of ether oxygens (including phenoxy) is 1. The molecule has 1 aliphatic heterocycles. The van der Waals surface area contributed by atoms with Gasteiger partial charge in [0.05, 0.1) is 24.2 Å². The van der Waals surface area contributed by atoms with E-state index in [1.807, 2.05) is 41.3 Å². The van der Waals surface area contributed by atoms with Gasteiger partial charge < -0.3 is 25.0 Å². The van der Waals surface area contributed by atoms with Gasteiger partial charge in [0.15, 0.2) is 0 Å². The molecule has 1 aliphatic rings. The fraction of sp³-hybridized carbons (Fsp3) is 0.361. The van der Waals surface area contributed by atoms with Crippen molar-refractivity contribution in [3.05, 3.63) is 78.6 Å². The van der Waals surface area contributed by atoms with Crippen molar-refractivity contribution >= 4 is 29.2 Å². The highest BCUT2D eigenvalue weighted by atomic mass is 16.5. The van der Waals surface area contributed by atoms with Crippen LogP contribution < -0.4 is 15.0 Å². The fourth-order valence-electron chi connectivity index (χ4n) is 5.78. The molecule has 0 saturated carbocycles. The van der Waals surface area contributed by atoms with Gasteiger partial charge in [-0.3, -0.25) is 19.5 Å². The molecule has 1 fully saturated rings. The number of anilines is 2. The minimum atomic E-state index is -0.735. The highest BCUT2D eigenvalue weighted by Gasteiger charge is 2.21. The van der Waals surface area contributed by atoms with Crippen molar-refractivity contribution < 1.29 is 24.2 Å². The Morgan fingerprint density at radius 2 is 1.57 bits per heavy atom. The molecule has 0 spiro atoms. The van der Waals surface area contributed by atoms with Gasteiger partial charge >= 0.3 is 5.97 Å². The number of amides is 2. The summed E-state index contributed by atoms with van der Waals surface area (Å²) in [5, 5.41) is 18.5. The normalized spacial score (nSPS) is 13.0. The number of piperazine rings is 1. The summed E-state index contributed by atoms with van der Waals surface area (Å²) in [7, 11) is 1.58. The number of carbonyl (C=O) groups is 3. The number of unbranched alkanes of at least 4 members (excludes halogenated alkanes) is 5. The van der Waals surface area contributed by atoms with E-state index >= 15 is 0 Å². The SMILES string of the molecule is COc1cc(-c2cccc(N3CCN(C(=O)CCCCCCCCC(=O)O)CC3)c2)ccc1NC(=O)c1cccc(-c2ccn[nH]2)n1. The number of nitrogens with zero attached hydrogens (tertiary/aromatic N) is 4. The van der Waals surface area contributed by atoms with E-state index in [-0.39, 0.29) is 23.9 Å². The molecular formula is C36H42N6O5. The molecule has 11 nitrogen and oxygen atoms in total. The van der Waals surface area contributed by atoms with E-state index in [0.29, 0.717) is 36.6 Å². The van der Waals surface area contributed by atoms with Gasteiger partial charge in [0, 0.05) is 50.9 Å². The second-order valence-corrected chi connectivity index (χ2v) is 11.7. The molecule has 0 bridgehead atoms. The Bertz CT molecular complexity index is 1650. The fourth-order valence-corrected chi connectivity index (χ4v) is 5.78. The van der Waals surface area contributed by atoms with Crippen molar-refractivity contribution in [2.24, 2.45) is 0 Å². The molecule has 3 heterocycles. The summed E-state index contributed by atoms with van der Waals surface area (Å²) < 4.78 is 5.66. The first-order chi connectivity index (χ1) is 22.9. The summed E-state index contributed by atoms with van der Waals surface area (Å²) in [6, 6.07) is 21.1. The number of hydrogen-bond acceptors (Lipinski definition) is 7. The van der Waals surface area contributed by atoms with E-state index in [9.17, 15) is 14.4 Å². The first kappa shape index (κ1) is 33.2. The van der Waals surface area contributed by atoms with Crippen LogP contribution in [0.25, 0.3) is 22.5 Å². The predicted octanol–water partition coefficient (Wildman–Crippen LogP) is 6.25. The van der Waals surface area contributed by atoms with Crippen molar-refractivity contribution in [2.45, 2.75) is 51.4 Å². The topological polar surface area (TPSA) is 141 Å². The van der Waals surface area contributed by atoms with E-state index in [1.165, 1.54) is 0 Å². The molecule has 5 rings (SSSR count). The van der Waals surface area contributed by atoms with Crippen LogP contribution in [0.5, 0.6) is 5.75 Å². The molecule has 1 saturated heterocycles. The number of pyridine rings is 1. The Balaban J connectivity index is 1.13. The number of aromatic amines is 1. The minimum absolute atomic E-state index is 0.213. The number of carboxylic acids is 1. The smallest absolute Gasteiger partial charge is 0.303 e. The monoisotopic (exact) mass is 638 g/mol. The molecule has 0 unspecified atom stereocenters. The summed E-state index contributed by atoms with van der Waals surface area (Å²) in [6.07, 6.45) is 8.04. The molecule has 11 heteroatoms. The number of rotatable bonds is 15. The van der Waals surface area contributed by atoms with E-state index < -0.39 is 5.97 Å². The van der Waals surface area contributed by atoms with Gasteiger partial charge in [-0.05, 0) is 66.4 Å². The van der Waals surface area contributed by atoms with Crippen LogP contribution in [0, 0.1) is 0 Å². The Hall–Kier alpha value is -5.19. The van der Waals surface area contributed by atoms with Crippen molar-refractivity contribution in [1.29, 1.82) is 0 Å². The Labute approximate surface area is 275 Å². The molecule has 0 radical (unpaired) electrons. The number of hydrogen-bond donors (Lipinski definition) is 3. The van der Waals surface area contributed by atoms with Crippen LogP contribution in [0.4, 0.5) is 11.4 Å². The Morgan fingerprint density at radius 1 is 0.851 bits per heavy atom. The molecule has 47 heavy (non-hydrogen) atoms. The van der Waals surface area contributed by atoms with E-state index in [0.717, 1.165) is 74.1 Å². The quantitative estimate of drug-likeness (QED) is 0.130. The Kier molecular flexibility index (Phi) is 11.6. The van der Waals surface area contributed by atoms with E-state index in [4.69, 9.17) is 9.84 Å². The van der Waals surface area contributed by atoms with Crippen LogP contribution in [0.3, 0.4) is 0 Å². The van der Waals surface area contributed by atoms with Crippen LogP contribution in [0.15, 0.2) is 72.9 Å². The molecule has 0 aliphatic carbocycles. The minimum Gasteiger partial charge on any atom is -0.495 e. The standard InChI is InChI=1S/C36H42N6O5/c1-47-33-25-27(16-17-31(33)39-36(46)32-13-9-12-29(38-32)30-18-19-37-40-30)26-10-8-11-28(24-26)41-20-22-42(23-21-41)34(43)14-6-4-2-3-5-7-15-35(44)45/h8-13,16-19,24-25H,2-7,14-15,20-23H2,1H3,(H,37,40)(H,39,46)(H,44,45). The van der Waals surface area contributed by atoms with Crippen molar-refractivity contribution in [3.63, 3.8) is 0 Å². The molecule has 2 amide bonds. The predicted molar refractivity (Wildman–Crippen MR) is 182 cm³/mol. The molecule has 3 N–H and O–H groups in total. The van der Waals surface area contributed by atoms with Crippen LogP contribution in [0.2, 0.25) is 0 Å². The number of benzene rings is 2. The summed E-state index contributed by atoms with van der Waals surface area (Å²) in [5.74, 6) is -0.329. The van der Waals surface area contributed by atoms with Crippen molar-refractivity contribution in [1.82, 2.24) is 20.1 Å². The molecule has 4 aromatic rings. The average molecular weight is 639 g/mol. The maximum absolute atomic E-state index is 13.1. The second kappa shape index (κ2) is 16.4. The largest absolute Gasteiger partial charge is 0.495 e. The maximum Gasteiger partial charge on any atom is 0.303 e. The number of aliphatic carboxylic acids is 1. The third-order valence-corrected chi connectivity index (χ3v) is 8.42. The van der Waals surface area contributed by atoms with Crippen molar-refractivity contribution in [3.8, 4) is 28.3 Å². The van der Waals surface area contributed by atoms with Gasteiger partial charge in [-0.25, -0.2) is 4.98 Å². The van der Waals surface area contributed by atoms with Gasteiger partial charge in [0.1, 0.15) is 11.4 Å². The van der Waals surface area contributed by atoms with Gasteiger partial charge in [-0.15, -0.1) is 0 Å². The number of methoxy groups -OCH3 is 1. The highest BCUT2D eigenvalue weighted by Crippen LogP contribution is 2.33. The number of carbonyl (C=O) groups excluding carboxylic acids is 2. The number of aromatic nitrogens is 3. The zero-order valence-electron chi connectivity index (χ0n) is 26.8. The molecule has 0 atom stereocenters. The number of nitrogens with one attached hydrogen (secondary N) is 2. The highest BCUT2D eigenvalue weighted by molar-refractivity contribution is 6.04. The zero-order valence-corrected chi connectivity index (χ0v) is 26.8. The third kappa shape index (κ3) is 9.18. The van der Waals surface area contributed by atoms with Gasteiger partial charge in [-0.1, -0.05) is 49.9 Å². The van der Waals surface area contributed by atoms with Gasteiger partial charge in [0.2, 0.25) is 5.91 Å². The first-order valence-electron chi connectivity index (χ1n) is 16.2. The summed E-state index contributed by atoms with van der Waals surface area (Å²) in [6.45, 7) is 2.92. The summed E-state index contributed by atoms with van der Waals surface area (Å²) >= 11 is 0. The van der Waals surface area contributed by atoms with Crippen LogP contribution in [-0.2, 0) is 9.59 Å². The maximum atomic E-state index is 13.1. The average Bonchev–Trinajstić information content (AvgIpc) is 3.65. The van der Waals surface area contributed by atoms with Gasteiger partial charge in [-0.2, -0.15) is 5.10 Å². The zero-order chi connectivity index (χ0) is 33.0. The summed E-state index contributed by atoms with van der Waals surface area (Å²) in [4.78, 5) is 45.2. The van der Waals surface area contributed by atoms with E-state index in [1.54, 1.807) is 31.5 Å². The van der Waals surface area contributed by atoms with Crippen LogP contribution in [0.1, 0.15) is 61.9 Å². The lowest BCUT2D eigenvalue weighted by Crippen LogP contribution is -2.48. The van der Waals surface area contributed by atoms with E-state index in [2.05, 4.69) is 37.5 Å².